The van der Waals surface area contributed by atoms with Crippen LogP contribution in [-0.4, -0.2) is 54.3 Å². The average Bonchev–Trinajstić information content (AvgIpc) is 3.30. The van der Waals surface area contributed by atoms with E-state index in [4.69, 9.17) is 4.42 Å². The van der Waals surface area contributed by atoms with E-state index in [9.17, 15) is 9.59 Å². The summed E-state index contributed by atoms with van der Waals surface area (Å²) in [7, 11) is 2.19. The van der Waals surface area contributed by atoms with Gasteiger partial charge in [0.1, 0.15) is 5.76 Å². The van der Waals surface area contributed by atoms with Gasteiger partial charge in [-0.05, 0) is 45.0 Å². The third kappa shape index (κ3) is 5.10. The van der Waals surface area contributed by atoms with Crippen LogP contribution in [0.3, 0.4) is 0 Å². The number of amides is 2. The number of carbonyl (C=O) groups excluding carboxylic acids is 2. The summed E-state index contributed by atoms with van der Waals surface area (Å²) in [5.74, 6) is 0.540. The Morgan fingerprint density at radius 1 is 1.35 bits per heavy atom. The molecule has 1 atom stereocenters. The molecule has 0 bridgehead atoms. The molecule has 0 spiro atoms. The summed E-state index contributed by atoms with van der Waals surface area (Å²) in [5.41, 5.74) is 0. The minimum Gasteiger partial charge on any atom is -0.467 e. The number of hydrogen-bond acceptors (Lipinski definition) is 4. The number of nitrogens with one attached hydrogen (secondary N) is 1. The first kappa shape index (κ1) is 19.0. The molecule has 2 amide bonds. The molecule has 1 aromatic rings. The zero-order valence-corrected chi connectivity index (χ0v) is 15.8. The second-order valence-electron chi connectivity index (χ2n) is 7.67. The molecule has 26 heavy (non-hydrogen) atoms. The highest BCUT2D eigenvalue weighted by atomic mass is 16.3. The second-order valence-corrected chi connectivity index (χ2v) is 7.67. The summed E-state index contributed by atoms with van der Waals surface area (Å²) < 4.78 is 5.29. The maximum absolute atomic E-state index is 12.4. The Balaban J connectivity index is 1.34. The largest absolute Gasteiger partial charge is 0.467 e. The van der Waals surface area contributed by atoms with Crippen LogP contribution in [0.1, 0.15) is 50.7 Å². The molecule has 0 radical (unpaired) electrons. The van der Waals surface area contributed by atoms with Crippen molar-refractivity contribution in [2.24, 2.45) is 5.92 Å². The molecule has 0 aromatic carbocycles. The number of rotatable bonds is 8. The van der Waals surface area contributed by atoms with E-state index < -0.39 is 0 Å². The van der Waals surface area contributed by atoms with Crippen LogP contribution in [0.5, 0.6) is 0 Å². The van der Waals surface area contributed by atoms with Gasteiger partial charge in [-0.15, -0.1) is 0 Å². The maximum atomic E-state index is 12.4. The zero-order valence-electron chi connectivity index (χ0n) is 15.8. The van der Waals surface area contributed by atoms with Gasteiger partial charge in [-0.25, -0.2) is 0 Å². The highest BCUT2D eigenvalue weighted by Gasteiger charge is 2.34. The Morgan fingerprint density at radius 2 is 2.15 bits per heavy atom. The lowest BCUT2D eigenvalue weighted by Gasteiger charge is -2.31. The Bertz CT molecular complexity index is 581. The molecule has 1 aliphatic heterocycles. The lowest BCUT2D eigenvalue weighted by Crippen LogP contribution is -2.37. The summed E-state index contributed by atoms with van der Waals surface area (Å²) in [6.07, 6.45) is 9.52. The van der Waals surface area contributed by atoms with Gasteiger partial charge in [0.15, 0.2) is 0 Å². The average molecular weight is 361 g/mol. The molecule has 6 heteroatoms. The lowest BCUT2D eigenvalue weighted by molar-refractivity contribution is -0.129. The van der Waals surface area contributed by atoms with Crippen molar-refractivity contribution in [3.8, 4) is 0 Å². The molecule has 144 valence electrons. The van der Waals surface area contributed by atoms with Gasteiger partial charge in [0.05, 0.1) is 18.7 Å². The van der Waals surface area contributed by atoms with E-state index in [0.717, 1.165) is 18.7 Å². The first-order chi connectivity index (χ1) is 12.6. The molecule has 1 saturated heterocycles. The smallest absolute Gasteiger partial charge is 0.225 e. The quantitative estimate of drug-likeness (QED) is 0.722. The standard InChI is InChI=1S/C20H31N3O3/c1-22(17-7-3-2-4-8-17)11-6-10-21-20(25)16-13-19(24)23(14-16)15-18-9-5-12-26-18/h5,9,12,16-17H,2-4,6-8,10-11,13-15H2,1H3,(H,21,25). The van der Waals surface area contributed by atoms with E-state index in [1.54, 1.807) is 11.2 Å². The topological polar surface area (TPSA) is 65.8 Å². The van der Waals surface area contributed by atoms with Gasteiger partial charge in [-0.2, -0.15) is 0 Å². The van der Waals surface area contributed by atoms with Gasteiger partial charge in [0, 0.05) is 25.6 Å². The predicted molar refractivity (Wildman–Crippen MR) is 99.4 cm³/mol. The van der Waals surface area contributed by atoms with E-state index in [0.29, 0.717) is 32.1 Å². The Kier molecular flexibility index (Phi) is 6.72. The van der Waals surface area contributed by atoms with Crippen molar-refractivity contribution in [3.05, 3.63) is 24.2 Å². The van der Waals surface area contributed by atoms with Crippen molar-refractivity contribution in [3.63, 3.8) is 0 Å². The van der Waals surface area contributed by atoms with Crippen LogP contribution in [0.15, 0.2) is 22.8 Å². The summed E-state index contributed by atoms with van der Waals surface area (Å²) in [6, 6.07) is 4.37. The van der Waals surface area contributed by atoms with Crippen molar-refractivity contribution in [2.75, 3.05) is 26.7 Å². The molecule has 1 aromatic heterocycles. The van der Waals surface area contributed by atoms with Gasteiger partial charge in [-0.1, -0.05) is 19.3 Å². The van der Waals surface area contributed by atoms with Crippen LogP contribution in [0.25, 0.3) is 0 Å². The number of carbonyl (C=O) groups is 2. The molecule has 3 rings (SSSR count). The third-order valence-electron chi connectivity index (χ3n) is 5.70. The van der Waals surface area contributed by atoms with E-state index in [-0.39, 0.29) is 17.7 Å². The number of furan rings is 1. The van der Waals surface area contributed by atoms with E-state index in [1.807, 2.05) is 12.1 Å². The zero-order chi connectivity index (χ0) is 18.4. The molecule has 1 aliphatic carbocycles. The normalized spacial score (nSPS) is 21.5. The Labute approximate surface area is 155 Å². The van der Waals surface area contributed by atoms with Gasteiger partial charge >= 0.3 is 0 Å². The van der Waals surface area contributed by atoms with Crippen LogP contribution in [0.2, 0.25) is 0 Å². The summed E-state index contributed by atoms with van der Waals surface area (Å²) in [5, 5.41) is 3.01. The molecule has 6 nitrogen and oxygen atoms in total. The third-order valence-corrected chi connectivity index (χ3v) is 5.70. The van der Waals surface area contributed by atoms with Crippen molar-refractivity contribution < 1.29 is 14.0 Å². The summed E-state index contributed by atoms with van der Waals surface area (Å²) in [4.78, 5) is 28.6. The summed E-state index contributed by atoms with van der Waals surface area (Å²) >= 11 is 0. The van der Waals surface area contributed by atoms with Crippen LogP contribution in [0, 0.1) is 5.92 Å². The Hall–Kier alpha value is -1.82. The first-order valence-corrected chi connectivity index (χ1v) is 9.91. The highest BCUT2D eigenvalue weighted by Crippen LogP contribution is 2.22. The molecular formula is C20H31N3O3. The van der Waals surface area contributed by atoms with Gasteiger partial charge in [0.2, 0.25) is 11.8 Å². The second kappa shape index (κ2) is 9.21. The molecule has 1 N–H and O–H groups in total. The van der Waals surface area contributed by atoms with Crippen molar-refractivity contribution in [2.45, 2.75) is 57.5 Å². The van der Waals surface area contributed by atoms with E-state index in [1.165, 1.54) is 32.1 Å². The van der Waals surface area contributed by atoms with Gasteiger partial charge in [-0.3, -0.25) is 9.59 Å². The van der Waals surface area contributed by atoms with E-state index >= 15 is 0 Å². The molecule has 2 aliphatic rings. The van der Waals surface area contributed by atoms with Crippen molar-refractivity contribution >= 4 is 11.8 Å². The van der Waals surface area contributed by atoms with Gasteiger partial charge in [0.25, 0.3) is 0 Å². The first-order valence-electron chi connectivity index (χ1n) is 9.91. The Morgan fingerprint density at radius 3 is 2.88 bits per heavy atom. The van der Waals surface area contributed by atoms with Crippen LogP contribution in [0.4, 0.5) is 0 Å². The molecule has 2 heterocycles. The lowest BCUT2D eigenvalue weighted by atomic mass is 9.94. The van der Waals surface area contributed by atoms with Crippen molar-refractivity contribution in [1.82, 2.24) is 15.1 Å². The molecule has 1 saturated carbocycles. The molecule has 1 unspecified atom stereocenters. The minimum absolute atomic E-state index is 0.000569. The fourth-order valence-corrected chi connectivity index (χ4v) is 4.08. The number of likely N-dealkylation sites (tertiary alicyclic amines) is 1. The number of hydrogen-bond donors (Lipinski definition) is 1. The predicted octanol–water partition coefficient (Wildman–Crippen LogP) is 2.40. The molecular weight excluding hydrogens is 330 g/mol. The summed E-state index contributed by atoms with van der Waals surface area (Å²) in [6.45, 7) is 2.62. The maximum Gasteiger partial charge on any atom is 0.225 e. The molecule has 2 fully saturated rings. The minimum atomic E-state index is -0.242. The van der Waals surface area contributed by atoms with Gasteiger partial charge < -0.3 is 19.5 Å². The number of nitrogens with zero attached hydrogens (tertiary/aromatic N) is 2. The SMILES string of the molecule is CN(CCCNC(=O)C1CC(=O)N(Cc2ccco2)C1)C1CCCCC1. The fourth-order valence-electron chi connectivity index (χ4n) is 4.08. The van der Waals surface area contributed by atoms with Crippen LogP contribution < -0.4 is 5.32 Å². The highest BCUT2D eigenvalue weighted by molar-refractivity contribution is 5.89. The monoisotopic (exact) mass is 361 g/mol. The fraction of sp³-hybridized carbons (Fsp3) is 0.700. The van der Waals surface area contributed by atoms with E-state index in [2.05, 4.69) is 17.3 Å². The van der Waals surface area contributed by atoms with Crippen molar-refractivity contribution in [1.29, 1.82) is 0 Å². The van der Waals surface area contributed by atoms with Crippen LogP contribution in [-0.2, 0) is 16.1 Å². The van der Waals surface area contributed by atoms with Crippen LogP contribution >= 0.6 is 0 Å².